The zero-order chi connectivity index (χ0) is 24.2. The van der Waals surface area contributed by atoms with Crippen molar-refractivity contribution in [2.45, 2.75) is 20.0 Å². The van der Waals surface area contributed by atoms with Gasteiger partial charge in [0.25, 0.3) is 5.91 Å². The van der Waals surface area contributed by atoms with Crippen molar-refractivity contribution >= 4 is 28.6 Å². The number of amides is 1. The average molecular weight is 460 g/mol. The lowest BCUT2D eigenvalue weighted by Gasteiger charge is -2.16. The van der Waals surface area contributed by atoms with Gasteiger partial charge in [-0.25, -0.2) is 9.78 Å². The Balaban J connectivity index is 1.50. The number of nitrogens with zero attached hydrogens (tertiary/aromatic N) is 2. The fourth-order valence-corrected chi connectivity index (χ4v) is 3.66. The number of para-hydroxylation sites is 1. The van der Waals surface area contributed by atoms with E-state index in [1.807, 2.05) is 47.9 Å². The number of hydrogen-bond acceptors (Lipinski definition) is 6. The molecular weight excluding hydrogens is 434 g/mol. The quantitative estimate of drug-likeness (QED) is 0.408. The fourth-order valence-electron chi connectivity index (χ4n) is 3.66. The average Bonchev–Trinajstić information content (AvgIpc) is 3.19. The highest BCUT2D eigenvalue weighted by atomic mass is 16.5. The number of ether oxygens (including phenoxy) is 3. The van der Waals surface area contributed by atoms with Gasteiger partial charge in [-0.3, -0.25) is 9.36 Å². The van der Waals surface area contributed by atoms with Gasteiger partial charge in [-0.1, -0.05) is 18.2 Å². The second-order valence-electron chi connectivity index (χ2n) is 7.64. The van der Waals surface area contributed by atoms with E-state index in [9.17, 15) is 9.59 Å². The second-order valence-corrected chi connectivity index (χ2v) is 7.64. The lowest BCUT2D eigenvalue weighted by Crippen LogP contribution is -2.30. The molecular formula is C26H25N3O5. The molecule has 0 fully saturated rings. The Labute approximate surface area is 197 Å². The molecule has 8 nitrogen and oxygen atoms in total. The molecule has 4 aromatic rings. The summed E-state index contributed by atoms with van der Waals surface area (Å²) < 4.78 is 17.9. The molecule has 3 aromatic carbocycles. The van der Waals surface area contributed by atoms with Gasteiger partial charge in [0.05, 0.1) is 36.5 Å². The topological polar surface area (TPSA) is 91.7 Å². The lowest BCUT2D eigenvalue weighted by atomic mass is 10.2. The van der Waals surface area contributed by atoms with Gasteiger partial charge in [-0.15, -0.1) is 0 Å². The standard InChI is InChI=1S/C26H25N3O5/c1-16(25(30)28-22-15-20(32-3)11-13-24(22)33-4)34-26(31)18-10-12-23-21(14-18)27-17(2)29(23)19-8-6-5-7-9-19/h5-16H,1-4H3,(H,28,30). The van der Waals surface area contributed by atoms with Crippen LogP contribution in [0.1, 0.15) is 23.1 Å². The van der Waals surface area contributed by atoms with Crippen LogP contribution < -0.4 is 14.8 Å². The zero-order valence-electron chi connectivity index (χ0n) is 19.4. The minimum absolute atomic E-state index is 0.309. The Bertz CT molecular complexity index is 1350. The number of rotatable bonds is 7. The number of methoxy groups -OCH3 is 2. The minimum atomic E-state index is -1.04. The number of aryl methyl sites for hydroxylation is 1. The van der Waals surface area contributed by atoms with Crippen molar-refractivity contribution in [1.29, 1.82) is 0 Å². The maximum atomic E-state index is 12.8. The van der Waals surface area contributed by atoms with Gasteiger partial charge in [-0.05, 0) is 56.3 Å². The SMILES string of the molecule is COc1ccc(OC)c(NC(=O)C(C)OC(=O)c2ccc3c(c2)nc(C)n3-c2ccccc2)c1. The molecule has 1 N–H and O–H groups in total. The van der Waals surface area contributed by atoms with E-state index in [1.165, 1.54) is 21.1 Å². The number of nitrogens with one attached hydrogen (secondary N) is 1. The number of benzene rings is 3. The predicted molar refractivity (Wildman–Crippen MR) is 129 cm³/mol. The zero-order valence-corrected chi connectivity index (χ0v) is 19.4. The Morgan fingerprint density at radius 2 is 1.74 bits per heavy atom. The summed E-state index contributed by atoms with van der Waals surface area (Å²) in [5, 5.41) is 2.71. The Hall–Kier alpha value is -4.33. The molecule has 0 aliphatic heterocycles. The molecule has 1 amide bonds. The van der Waals surface area contributed by atoms with Crippen molar-refractivity contribution in [3.8, 4) is 17.2 Å². The molecule has 1 unspecified atom stereocenters. The van der Waals surface area contributed by atoms with Crippen molar-refractivity contribution in [3.63, 3.8) is 0 Å². The molecule has 0 saturated heterocycles. The summed E-state index contributed by atoms with van der Waals surface area (Å²) >= 11 is 0. The van der Waals surface area contributed by atoms with Crippen LogP contribution in [0.2, 0.25) is 0 Å². The van der Waals surface area contributed by atoms with Crippen molar-refractivity contribution in [2.24, 2.45) is 0 Å². The van der Waals surface area contributed by atoms with Gasteiger partial charge >= 0.3 is 5.97 Å². The van der Waals surface area contributed by atoms with E-state index in [0.29, 0.717) is 28.3 Å². The van der Waals surface area contributed by atoms with Gasteiger partial charge in [0, 0.05) is 11.8 Å². The number of hydrogen-bond donors (Lipinski definition) is 1. The largest absolute Gasteiger partial charge is 0.497 e. The van der Waals surface area contributed by atoms with E-state index in [1.54, 1.807) is 30.3 Å². The number of carbonyl (C=O) groups excluding carboxylic acids is 2. The molecule has 174 valence electrons. The summed E-state index contributed by atoms with van der Waals surface area (Å²) in [7, 11) is 3.02. The third kappa shape index (κ3) is 4.56. The van der Waals surface area contributed by atoms with Crippen LogP contribution in [0, 0.1) is 6.92 Å². The van der Waals surface area contributed by atoms with Gasteiger partial charge in [-0.2, -0.15) is 0 Å². The van der Waals surface area contributed by atoms with E-state index in [4.69, 9.17) is 14.2 Å². The van der Waals surface area contributed by atoms with E-state index >= 15 is 0 Å². The van der Waals surface area contributed by atoms with Crippen LogP contribution >= 0.6 is 0 Å². The van der Waals surface area contributed by atoms with Crippen LogP contribution in [0.4, 0.5) is 5.69 Å². The van der Waals surface area contributed by atoms with Crippen LogP contribution in [-0.2, 0) is 9.53 Å². The highest BCUT2D eigenvalue weighted by molar-refractivity contribution is 5.99. The van der Waals surface area contributed by atoms with Crippen LogP contribution in [-0.4, -0.2) is 41.8 Å². The number of anilines is 1. The number of aromatic nitrogens is 2. The normalized spacial score (nSPS) is 11.6. The molecule has 34 heavy (non-hydrogen) atoms. The van der Waals surface area contributed by atoms with Crippen molar-refractivity contribution < 1.29 is 23.8 Å². The third-order valence-electron chi connectivity index (χ3n) is 5.39. The summed E-state index contributed by atoms with van der Waals surface area (Å²) in [5.74, 6) is 0.702. The Kier molecular flexibility index (Phi) is 6.49. The Morgan fingerprint density at radius 3 is 2.44 bits per heavy atom. The molecule has 0 radical (unpaired) electrons. The molecule has 0 aliphatic carbocycles. The molecule has 0 aliphatic rings. The summed E-state index contributed by atoms with van der Waals surface area (Å²) in [6, 6.07) is 20.0. The number of fused-ring (bicyclic) bond motifs is 1. The van der Waals surface area contributed by atoms with E-state index in [-0.39, 0.29) is 0 Å². The maximum absolute atomic E-state index is 12.8. The summed E-state index contributed by atoms with van der Waals surface area (Å²) in [5.41, 5.74) is 3.24. The fraction of sp³-hybridized carbons (Fsp3) is 0.192. The van der Waals surface area contributed by atoms with E-state index < -0.39 is 18.0 Å². The number of esters is 1. The highest BCUT2D eigenvalue weighted by Crippen LogP contribution is 2.29. The third-order valence-corrected chi connectivity index (χ3v) is 5.39. The molecule has 0 bridgehead atoms. The molecule has 1 atom stereocenters. The van der Waals surface area contributed by atoms with Gasteiger partial charge in [0.15, 0.2) is 6.10 Å². The van der Waals surface area contributed by atoms with Gasteiger partial charge < -0.3 is 19.5 Å². The van der Waals surface area contributed by atoms with E-state index in [0.717, 1.165) is 17.0 Å². The summed E-state index contributed by atoms with van der Waals surface area (Å²) in [6.45, 7) is 3.41. The monoisotopic (exact) mass is 459 g/mol. The van der Waals surface area contributed by atoms with E-state index in [2.05, 4.69) is 10.3 Å². The minimum Gasteiger partial charge on any atom is -0.497 e. The molecule has 1 aromatic heterocycles. The highest BCUT2D eigenvalue weighted by Gasteiger charge is 2.21. The van der Waals surface area contributed by atoms with Gasteiger partial charge in [0.2, 0.25) is 0 Å². The molecule has 1 heterocycles. The molecule has 0 saturated carbocycles. The summed E-state index contributed by atoms with van der Waals surface area (Å²) in [4.78, 5) is 30.0. The first-order valence-electron chi connectivity index (χ1n) is 10.7. The van der Waals surface area contributed by atoms with Crippen LogP contribution in [0.3, 0.4) is 0 Å². The first-order valence-corrected chi connectivity index (χ1v) is 10.7. The Morgan fingerprint density at radius 1 is 0.971 bits per heavy atom. The molecule has 8 heteroatoms. The predicted octanol–water partition coefficient (Wildman–Crippen LogP) is 4.54. The smallest absolute Gasteiger partial charge is 0.338 e. The molecule has 4 rings (SSSR count). The van der Waals surface area contributed by atoms with Crippen molar-refractivity contribution in [3.05, 3.63) is 78.1 Å². The number of imidazole rings is 1. The van der Waals surface area contributed by atoms with Crippen molar-refractivity contribution in [1.82, 2.24) is 9.55 Å². The number of carbonyl (C=O) groups is 2. The van der Waals surface area contributed by atoms with Crippen LogP contribution in [0.5, 0.6) is 11.5 Å². The van der Waals surface area contributed by atoms with Crippen LogP contribution in [0.25, 0.3) is 16.7 Å². The van der Waals surface area contributed by atoms with Crippen LogP contribution in [0.15, 0.2) is 66.7 Å². The van der Waals surface area contributed by atoms with Gasteiger partial charge in [0.1, 0.15) is 17.3 Å². The maximum Gasteiger partial charge on any atom is 0.338 e. The first kappa shape index (κ1) is 22.8. The first-order chi connectivity index (χ1) is 16.4. The molecule has 0 spiro atoms. The lowest BCUT2D eigenvalue weighted by molar-refractivity contribution is -0.123. The summed E-state index contributed by atoms with van der Waals surface area (Å²) in [6.07, 6.45) is -1.04. The van der Waals surface area contributed by atoms with Crippen molar-refractivity contribution in [2.75, 3.05) is 19.5 Å². The second kappa shape index (κ2) is 9.66.